The molecule has 1 saturated carbocycles. The van der Waals surface area contributed by atoms with Crippen LogP contribution in [-0.2, 0) is 24.7 Å². The van der Waals surface area contributed by atoms with Gasteiger partial charge in [-0.15, -0.1) is 21.5 Å². The number of hydrogen-bond donors (Lipinski definition) is 1. The summed E-state index contributed by atoms with van der Waals surface area (Å²) in [5.74, 6) is 2.29. The lowest BCUT2D eigenvalue weighted by Crippen LogP contribution is -2.26. The van der Waals surface area contributed by atoms with Crippen LogP contribution in [-0.4, -0.2) is 26.4 Å². The summed E-state index contributed by atoms with van der Waals surface area (Å²) in [5.41, 5.74) is 2.06. The van der Waals surface area contributed by atoms with Gasteiger partial charge in [0.05, 0.1) is 11.3 Å². The van der Waals surface area contributed by atoms with Gasteiger partial charge in [-0.1, -0.05) is 51.8 Å². The number of nitrogens with one attached hydrogen (secondary N) is 1. The van der Waals surface area contributed by atoms with Gasteiger partial charge in [0.1, 0.15) is 16.9 Å². The molecule has 2 aliphatic carbocycles. The van der Waals surface area contributed by atoms with E-state index in [-0.39, 0.29) is 17.1 Å². The number of fused-ring (bicyclic) bond motifs is 1. The number of hydrogen-bond acceptors (Lipinski definition) is 6. The van der Waals surface area contributed by atoms with Crippen LogP contribution in [0.4, 0.5) is 5.00 Å². The average molecular weight is 472 g/mol. The number of carbonyl (C=O) groups excluding carboxylic acids is 1. The Balaban J connectivity index is 1.40. The first-order valence-corrected chi connectivity index (χ1v) is 13.4. The van der Waals surface area contributed by atoms with E-state index in [1.54, 1.807) is 11.3 Å². The quantitative estimate of drug-likeness (QED) is 0.567. The predicted octanol–water partition coefficient (Wildman–Crippen LogP) is 5.68. The van der Waals surface area contributed by atoms with Gasteiger partial charge in [-0.3, -0.25) is 4.79 Å². The first kappa shape index (κ1) is 23.3. The second-order valence-electron chi connectivity index (χ2n) is 10.2. The Morgan fingerprint density at radius 3 is 2.69 bits per heavy atom. The molecular weight excluding hydrogens is 438 g/mol. The van der Waals surface area contributed by atoms with Gasteiger partial charge >= 0.3 is 0 Å². The number of thiophene rings is 1. The van der Waals surface area contributed by atoms with Crippen molar-refractivity contribution >= 4 is 34.0 Å². The molecule has 1 atom stereocenters. The molecule has 8 heteroatoms. The molecule has 1 N–H and O–H groups in total. The van der Waals surface area contributed by atoms with Crippen molar-refractivity contribution in [2.75, 3.05) is 11.1 Å². The zero-order valence-corrected chi connectivity index (χ0v) is 21.2. The van der Waals surface area contributed by atoms with Gasteiger partial charge in [-0.05, 0) is 49.0 Å². The van der Waals surface area contributed by atoms with E-state index in [0.29, 0.717) is 22.4 Å². The molecule has 2 heterocycles. The SMILES string of the molecule is Cn1c(SCC(=O)Nc2sc3c(c2C#N)CCC(C(C)(C)C)C3)nnc1C1CCCCC1. The van der Waals surface area contributed by atoms with E-state index in [1.165, 1.54) is 48.7 Å². The molecule has 0 spiro atoms. The average Bonchev–Trinajstić information content (AvgIpc) is 3.31. The number of nitrogens with zero attached hydrogens (tertiary/aromatic N) is 4. The minimum Gasteiger partial charge on any atom is -0.316 e. The lowest BCUT2D eigenvalue weighted by molar-refractivity contribution is -0.113. The Kier molecular flexibility index (Phi) is 6.97. The maximum absolute atomic E-state index is 12.7. The molecule has 2 aromatic rings. The fourth-order valence-electron chi connectivity index (χ4n) is 4.99. The molecule has 0 bridgehead atoms. The normalized spacial score (nSPS) is 19.4. The number of rotatable bonds is 5. The van der Waals surface area contributed by atoms with Crippen molar-refractivity contribution in [2.24, 2.45) is 18.4 Å². The van der Waals surface area contributed by atoms with E-state index < -0.39 is 0 Å². The van der Waals surface area contributed by atoms with Gasteiger partial charge in [-0.2, -0.15) is 5.26 Å². The summed E-state index contributed by atoms with van der Waals surface area (Å²) in [5, 5.41) is 23.0. The van der Waals surface area contributed by atoms with Crippen molar-refractivity contribution in [3.63, 3.8) is 0 Å². The zero-order valence-electron chi connectivity index (χ0n) is 19.5. The first-order chi connectivity index (χ1) is 15.3. The largest absolute Gasteiger partial charge is 0.316 e. The fourth-order valence-corrected chi connectivity index (χ4v) is 7.00. The number of carbonyl (C=O) groups is 1. The molecular formula is C24H33N5OS2. The lowest BCUT2D eigenvalue weighted by atomic mass is 9.72. The number of aromatic nitrogens is 3. The van der Waals surface area contributed by atoms with Crippen LogP contribution in [0.5, 0.6) is 0 Å². The van der Waals surface area contributed by atoms with Crippen LogP contribution in [0, 0.1) is 22.7 Å². The molecule has 0 radical (unpaired) electrons. The molecule has 32 heavy (non-hydrogen) atoms. The number of anilines is 1. The fraction of sp³-hybridized carbons (Fsp3) is 0.667. The summed E-state index contributed by atoms with van der Waals surface area (Å²) in [7, 11) is 2.00. The molecule has 0 aliphatic heterocycles. The van der Waals surface area contributed by atoms with Crippen LogP contribution in [0.15, 0.2) is 5.16 Å². The zero-order chi connectivity index (χ0) is 22.9. The summed E-state index contributed by atoms with van der Waals surface area (Å²) in [4.78, 5) is 14.0. The number of amides is 1. The molecule has 4 rings (SSSR count). The third kappa shape index (κ3) is 4.89. The minimum absolute atomic E-state index is 0.0975. The Morgan fingerprint density at radius 2 is 2.00 bits per heavy atom. The highest BCUT2D eigenvalue weighted by Crippen LogP contribution is 2.44. The Hall–Kier alpha value is -1.85. The highest BCUT2D eigenvalue weighted by atomic mass is 32.2. The smallest absolute Gasteiger partial charge is 0.235 e. The lowest BCUT2D eigenvalue weighted by Gasteiger charge is -2.33. The summed E-state index contributed by atoms with van der Waals surface area (Å²) in [6.07, 6.45) is 9.18. The van der Waals surface area contributed by atoms with Gasteiger partial charge in [0.25, 0.3) is 0 Å². The molecule has 172 valence electrons. The molecule has 1 unspecified atom stereocenters. The second kappa shape index (κ2) is 9.56. The summed E-state index contributed by atoms with van der Waals surface area (Å²) in [6.45, 7) is 6.86. The van der Waals surface area contributed by atoms with Crippen LogP contribution in [0.25, 0.3) is 0 Å². The predicted molar refractivity (Wildman–Crippen MR) is 130 cm³/mol. The molecule has 1 fully saturated rings. The van der Waals surface area contributed by atoms with E-state index in [9.17, 15) is 10.1 Å². The minimum atomic E-state index is -0.0975. The van der Waals surface area contributed by atoms with Crippen molar-refractivity contribution in [1.82, 2.24) is 14.8 Å². The van der Waals surface area contributed by atoms with Crippen LogP contribution in [0.2, 0.25) is 0 Å². The van der Waals surface area contributed by atoms with Gasteiger partial charge in [-0.25, -0.2) is 0 Å². The summed E-state index contributed by atoms with van der Waals surface area (Å²) >= 11 is 3.00. The Bertz CT molecular complexity index is 1020. The molecule has 2 aliphatic rings. The van der Waals surface area contributed by atoms with E-state index in [2.05, 4.69) is 42.4 Å². The highest BCUT2D eigenvalue weighted by Gasteiger charge is 2.32. The third-order valence-corrected chi connectivity index (χ3v) is 9.22. The summed E-state index contributed by atoms with van der Waals surface area (Å²) < 4.78 is 2.05. The van der Waals surface area contributed by atoms with Gasteiger partial charge < -0.3 is 9.88 Å². The van der Waals surface area contributed by atoms with Gasteiger partial charge in [0, 0.05) is 17.8 Å². The summed E-state index contributed by atoms with van der Waals surface area (Å²) in [6, 6.07) is 2.35. The Morgan fingerprint density at radius 1 is 1.25 bits per heavy atom. The van der Waals surface area contributed by atoms with Crippen LogP contribution >= 0.6 is 23.1 Å². The standard InChI is InChI=1S/C24H33N5OS2/c1-24(2,3)16-10-11-17-18(13-25)22(32-19(17)12-16)26-20(30)14-31-23-28-27-21(29(23)4)15-8-6-5-7-9-15/h15-16H,5-12,14H2,1-4H3,(H,26,30). The topological polar surface area (TPSA) is 83.6 Å². The van der Waals surface area contributed by atoms with Crippen LogP contribution < -0.4 is 5.32 Å². The van der Waals surface area contributed by atoms with Gasteiger partial charge in [0.2, 0.25) is 5.91 Å². The molecule has 2 aromatic heterocycles. The van der Waals surface area contributed by atoms with E-state index in [4.69, 9.17) is 0 Å². The van der Waals surface area contributed by atoms with E-state index >= 15 is 0 Å². The molecule has 0 saturated heterocycles. The maximum atomic E-state index is 12.7. The van der Waals surface area contributed by atoms with E-state index in [0.717, 1.165) is 35.8 Å². The molecule has 0 aromatic carbocycles. The first-order valence-electron chi connectivity index (χ1n) is 11.6. The van der Waals surface area contributed by atoms with Crippen LogP contribution in [0.1, 0.15) is 87.0 Å². The van der Waals surface area contributed by atoms with Crippen molar-refractivity contribution in [1.29, 1.82) is 5.26 Å². The van der Waals surface area contributed by atoms with Gasteiger partial charge in [0.15, 0.2) is 5.16 Å². The molecule has 6 nitrogen and oxygen atoms in total. The number of thioether (sulfide) groups is 1. The van der Waals surface area contributed by atoms with Crippen LogP contribution in [0.3, 0.4) is 0 Å². The number of nitriles is 1. The monoisotopic (exact) mass is 471 g/mol. The second-order valence-corrected chi connectivity index (χ2v) is 12.2. The highest BCUT2D eigenvalue weighted by molar-refractivity contribution is 7.99. The van der Waals surface area contributed by atoms with Crippen molar-refractivity contribution in [3.8, 4) is 6.07 Å². The van der Waals surface area contributed by atoms with Crippen molar-refractivity contribution in [2.45, 2.75) is 83.2 Å². The Labute approximate surface area is 199 Å². The van der Waals surface area contributed by atoms with Crippen molar-refractivity contribution in [3.05, 3.63) is 21.8 Å². The maximum Gasteiger partial charge on any atom is 0.235 e. The third-order valence-electron chi connectivity index (χ3n) is 7.03. The molecule has 1 amide bonds. The van der Waals surface area contributed by atoms with E-state index in [1.807, 2.05) is 11.6 Å². The van der Waals surface area contributed by atoms with Crippen molar-refractivity contribution < 1.29 is 4.79 Å².